The molecule has 4 nitrogen and oxygen atoms in total. The van der Waals surface area contributed by atoms with E-state index in [1.165, 1.54) is 23.3 Å². The van der Waals surface area contributed by atoms with Gasteiger partial charge in [-0.1, -0.05) is 12.1 Å². The van der Waals surface area contributed by atoms with Crippen molar-refractivity contribution >= 4 is 11.0 Å². The summed E-state index contributed by atoms with van der Waals surface area (Å²) in [5, 5.41) is 3.44. The van der Waals surface area contributed by atoms with E-state index in [2.05, 4.69) is 47.0 Å². The summed E-state index contributed by atoms with van der Waals surface area (Å²) in [7, 11) is 2.13. The van der Waals surface area contributed by atoms with Crippen LogP contribution in [0.5, 0.6) is 0 Å². The molecule has 1 aliphatic heterocycles. The van der Waals surface area contributed by atoms with Crippen LogP contribution in [0.4, 0.5) is 0 Å². The van der Waals surface area contributed by atoms with E-state index in [1.54, 1.807) is 0 Å². The molecule has 0 amide bonds. The van der Waals surface area contributed by atoms with Gasteiger partial charge in [0.1, 0.15) is 5.82 Å². The molecule has 19 heavy (non-hydrogen) atoms. The van der Waals surface area contributed by atoms with Crippen LogP contribution in [0.2, 0.25) is 0 Å². The van der Waals surface area contributed by atoms with Gasteiger partial charge in [0, 0.05) is 20.1 Å². The molecule has 1 aromatic heterocycles. The van der Waals surface area contributed by atoms with Crippen molar-refractivity contribution in [2.45, 2.75) is 19.9 Å². The number of benzene rings is 1. The third-order valence-corrected chi connectivity index (χ3v) is 3.99. The first-order valence-corrected chi connectivity index (χ1v) is 7.10. The monoisotopic (exact) mass is 258 g/mol. The zero-order valence-corrected chi connectivity index (χ0v) is 11.8. The van der Waals surface area contributed by atoms with E-state index in [-0.39, 0.29) is 0 Å². The van der Waals surface area contributed by atoms with Gasteiger partial charge in [-0.25, -0.2) is 4.98 Å². The molecule has 0 saturated carbocycles. The molecule has 0 aliphatic carbocycles. The molecular weight excluding hydrogens is 236 g/mol. The molecule has 4 heteroatoms. The largest absolute Gasteiger partial charge is 0.330 e. The SMILES string of the molecule is Cc1cccc2nc(CN3CCCNCC3)n(C)c12. The van der Waals surface area contributed by atoms with Gasteiger partial charge in [0.05, 0.1) is 17.6 Å². The second-order valence-corrected chi connectivity index (χ2v) is 5.41. The van der Waals surface area contributed by atoms with Gasteiger partial charge in [-0.15, -0.1) is 0 Å². The van der Waals surface area contributed by atoms with Crippen molar-refractivity contribution in [3.05, 3.63) is 29.6 Å². The minimum atomic E-state index is 0.951. The van der Waals surface area contributed by atoms with E-state index in [1.807, 2.05) is 0 Å². The molecule has 1 N–H and O–H groups in total. The highest BCUT2D eigenvalue weighted by atomic mass is 15.2. The topological polar surface area (TPSA) is 33.1 Å². The maximum absolute atomic E-state index is 4.80. The molecule has 1 aliphatic rings. The minimum Gasteiger partial charge on any atom is -0.330 e. The van der Waals surface area contributed by atoms with Gasteiger partial charge in [-0.3, -0.25) is 4.90 Å². The number of rotatable bonds is 2. The molecular formula is C15H22N4. The van der Waals surface area contributed by atoms with Gasteiger partial charge in [0.2, 0.25) is 0 Å². The number of hydrogen-bond acceptors (Lipinski definition) is 3. The number of hydrogen-bond donors (Lipinski definition) is 1. The standard InChI is InChI=1S/C15H22N4/c1-12-5-3-6-13-15(12)18(2)14(17-13)11-19-9-4-7-16-8-10-19/h3,5-6,16H,4,7-11H2,1-2H3. The van der Waals surface area contributed by atoms with Crippen molar-refractivity contribution in [2.75, 3.05) is 26.2 Å². The zero-order chi connectivity index (χ0) is 13.2. The lowest BCUT2D eigenvalue weighted by Gasteiger charge is -2.18. The second kappa shape index (κ2) is 5.31. The molecule has 1 aromatic carbocycles. The molecule has 0 spiro atoms. The Morgan fingerprint density at radius 2 is 2.16 bits per heavy atom. The summed E-state index contributed by atoms with van der Waals surface area (Å²) < 4.78 is 2.25. The Morgan fingerprint density at radius 1 is 1.26 bits per heavy atom. The molecule has 102 valence electrons. The van der Waals surface area contributed by atoms with Crippen LogP contribution >= 0.6 is 0 Å². The van der Waals surface area contributed by atoms with Crippen molar-refractivity contribution in [3.8, 4) is 0 Å². The summed E-state index contributed by atoms with van der Waals surface area (Å²) in [6.07, 6.45) is 1.23. The van der Waals surface area contributed by atoms with E-state index in [0.29, 0.717) is 0 Å². The molecule has 1 saturated heterocycles. The second-order valence-electron chi connectivity index (χ2n) is 5.41. The normalized spacial score (nSPS) is 17.8. The highest BCUT2D eigenvalue weighted by Crippen LogP contribution is 2.19. The zero-order valence-electron chi connectivity index (χ0n) is 11.8. The average molecular weight is 258 g/mol. The van der Waals surface area contributed by atoms with E-state index in [0.717, 1.165) is 38.2 Å². The molecule has 2 heterocycles. The summed E-state index contributed by atoms with van der Waals surface area (Å²) in [6, 6.07) is 6.35. The fourth-order valence-corrected chi connectivity index (χ4v) is 2.91. The Morgan fingerprint density at radius 3 is 3.00 bits per heavy atom. The van der Waals surface area contributed by atoms with Gasteiger partial charge in [0.25, 0.3) is 0 Å². The smallest absolute Gasteiger partial charge is 0.123 e. The van der Waals surface area contributed by atoms with Crippen molar-refractivity contribution in [1.29, 1.82) is 0 Å². The van der Waals surface area contributed by atoms with Crippen molar-refractivity contribution in [3.63, 3.8) is 0 Å². The van der Waals surface area contributed by atoms with E-state index < -0.39 is 0 Å². The first kappa shape index (κ1) is 12.6. The number of imidazole rings is 1. The Kier molecular flexibility index (Phi) is 3.53. The fourth-order valence-electron chi connectivity index (χ4n) is 2.91. The van der Waals surface area contributed by atoms with E-state index in [9.17, 15) is 0 Å². The number of aryl methyl sites for hydroxylation is 2. The van der Waals surface area contributed by atoms with Gasteiger partial charge >= 0.3 is 0 Å². The Bertz CT molecular complexity index is 565. The highest BCUT2D eigenvalue weighted by Gasteiger charge is 2.14. The van der Waals surface area contributed by atoms with Gasteiger partial charge < -0.3 is 9.88 Å². The Hall–Kier alpha value is -1.39. The van der Waals surface area contributed by atoms with Crippen molar-refractivity contribution in [2.24, 2.45) is 7.05 Å². The molecule has 0 radical (unpaired) electrons. The van der Waals surface area contributed by atoms with Crippen LogP contribution < -0.4 is 5.32 Å². The predicted octanol–water partition coefficient (Wildman–Crippen LogP) is 1.68. The predicted molar refractivity (Wildman–Crippen MR) is 78.2 cm³/mol. The lowest BCUT2D eigenvalue weighted by atomic mass is 10.2. The Labute approximate surface area is 114 Å². The average Bonchev–Trinajstić information content (AvgIpc) is 2.59. The van der Waals surface area contributed by atoms with Crippen LogP contribution in [0.15, 0.2) is 18.2 Å². The first-order valence-electron chi connectivity index (χ1n) is 7.10. The Balaban J connectivity index is 1.88. The lowest BCUT2D eigenvalue weighted by Crippen LogP contribution is -2.28. The van der Waals surface area contributed by atoms with Crippen LogP contribution in [-0.4, -0.2) is 40.6 Å². The fraction of sp³-hybridized carbons (Fsp3) is 0.533. The minimum absolute atomic E-state index is 0.951. The van der Waals surface area contributed by atoms with Crippen LogP contribution in [-0.2, 0) is 13.6 Å². The summed E-state index contributed by atoms with van der Waals surface area (Å²) >= 11 is 0. The molecule has 2 aromatic rings. The maximum atomic E-state index is 4.80. The maximum Gasteiger partial charge on any atom is 0.123 e. The van der Waals surface area contributed by atoms with Gasteiger partial charge in [-0.05, 0) is 38.1 Å². The third-order valence-electron chi connectivity index (χ3n) is 3.99. The molecule has 0 bridgehead atoms. The summed E-state index contributed by atoms with van der Waals surface area (Å²) in [6.45, 7) is 7.61. The summed E-state index contributed by atoms with van der Waals surface area (Å²) in [5.41, 5.74) is 3.69. The highest BCUT2D eigenvalue weighted by molar-refractivity contribution is 5.79. The number of aromatic nitrogens is 2. The number of fused-ring (bicyclic) bond motifs is 1. The summed E-state index contributed by atoms with van der Waals surface area (Å²) in [5.74, 6) is 1.17. The quantitative estimate of drug-likeness (QED) is 0.889. The van der Waals surface area contributed by atoms with Gasteiger partial charge in [0.15, 0.2) is 0 Å². The van der Waals surface area contributed by atoms with E-state index >= 15 is 0 Å². The summed E-state index contributed by atoms with van der Waals surface area (Å²) in [4.78, 5) is 7.30. The number of nitrogens with zero attached hydrogens (tertiary/aromatic N) is 3. The number of para-hydroxylation sites is 1. The number of nitrogens with one attached hydrogen (secondary N) is 1. The first-order chi connectivity index (χ1) is 9.25. The van der Waals surface area contributed by atoms with E-state index in [4.69, 9.17) is 4.98 Å². The molecule has 0 unspecified atom stereocenters. The lowest BCUT2D eigenvalue weighted by molar-refractivity contribution is 0.275. The van der Waals surface area contributed by atoms with Gasteiger partial charge in [-0.2, -0.15) is 0 Å². The van der Waals surface area contributed by atoms with Crippen LogP contribution in [0, 0.1) is 6.92 Å². The van der Waals surface area contributed by atoms with Crippen molar-refractivity contribution < 1.29 is 0 Å². The third kappa shape index (κ3) is 2.51. The van der Waals surface area contributed by atoms with Crippen molar-refractivity contribution in [1.82, 2.24) is 19.8 Å². The van der Waals surface area contributed by atoms with Crippen LogP contribution in [0.1, 0.15) is 17.8 Å². The van der Waals surface area contributed by atoms with Crippen LogP contribution in [0.25, 0.3) is 11.0 Å². The molecule has 0 atom stereocenters. The molecule has 3 rings (SSSR count). The molecule has 1 fully saturated rings. The van der Waals surface area contributed by atoms with Crippen LogP contribution in [0.3, 0.4) is 0 Å².